The topological polar surface area (TPSA) is 70.5 Å². The number of thiophene rings is 1. The van der Waals surface area contributed by atoms with Gasteiger partial charge in [-0.25, -0.2) is 0 Å². The molecule has 0 aromatic carbocycles. The van der Waals surface area contributed by atoms with E-state index >= 15 is 0 Å². The zero-order valence-corrected chi connectivity index (χ0v) is 13.8. The van der Waals surface area contributed by atoms with Crippen LogP contribution in [0.3, 0.4) is 0 Å². The monoisotopic (exact) mass is 330 g/mol. The Morgan fingerprint density at radius 3 is 2.70 bits per heavy atom. The van der Waals surface area contributed by atoms with Gasteiger partial charge in [-0.05, 0) is 43.8 Å². The highest BCUT2D eigenvalue weighted by Gasteiger charge is 2.38. The average Bonchev–Trinajstić information content (AvgIpc) is 3.15. The molecule has 0 spiro atoms. The number of amides is 1. The summed E-state index contributed by atoms with van der Waals surface area (Å²) in [5.74, 6) is -1.46. The number of pyridine rings is 1. The van der Waals surface area contributed by atoms with Crippen molar-refractivity contribution in [2.45, 2.75) is 26.3 Å². The molecule has 1 fully saturated rings. The number of likely N-dealkylation sites (tertiary alicyclic amines) is 1. The maximum Gasteiger partial charge on any atom is 0.308 e. The van der Waals surface area contributed by atoms with E-state index < -0.39 is 11.9 Å². The van der Waals surface area contributed by atoms with E-state index in [0.29, 0.717) is 24.2 Å². The van der Waals surface area contributed by atoms with Crippen molar-refractivity contribution in [2.24, 2.45) is 5.92 Å². The number of nitrogens with zero attached hydrogens (tertiary/aromatic N) is 2. The Hall–Kier alpha value is -2.21. The molecule has 1 N–H and O–H groups in total. The average molecular weight is 330 g/mol. The SMILES string of the molecule is Cc1nc(-c2cccs2)ccc1C(=O)N1CCC(C(=O)O)C1C. The van der Waals surface area contributed by atoms with E-state index in [1.165, 1.54) is 0 Å². The molecular formula is C17H18N2O3S. The van der Waals surface area contributed by atoms with Crippen LogP contribution >= 0.6 is 11.3 Å². The molecule has 1 amide bonds. The van der Waals surface area contributed by atoms with E-state index in [9.17, 15) is 14.7 Å². The van der Waals surface area contributed by atoms with E-state index in [-0.39, 0.29) is 11.9 Å². The van der Waals surface area contributed by atoms with Crippen LogP contribution in [0, 0.1) is 12.8 Å². The van der Waals surface area contributed by atoms with Crippen LogP contribution in [0.5, 0.6) is 0 Å². The Labute approximate surface area is 138 Å². The molecule has 0 aliphatic carbocycles. The number of carbonyl (C=O) groups is 2. The Morgan fingerprint density at radius 2 is 2.13 bits per heavy atom. The predicted molar refractivity (Wildman–Crippen MR) is 88.5 cm³/mol. The third-order valence-electron chi connectivity index (χ3n) is 4.42. The van der Waals surface area contributed by atoms with E-state index in [4.69, 9.17) is 0 Å². The molecule has 3 rings (SSSR count). The van der Waals surface area contributed by atoms with Gasteiger partial charge in [0.2, 0.25) is 0 Å². The van der Waals surface area contributed by atoms with Gasteiger partial charge in [-0.15, -0.1) is 11.3 Å². The third-order valence-corrected chi connectivity index (χ3v) is 5.32. The zero-order valence-electron chi connectivity index (χ0n) is 13.0. The summed E-state index contributed by atoms with van der Waals surface area (Å²) >= 11 is 1.61. The van der Waals surface area contributed by atoms with Gasteiger partial charge in [0.1, 0.15) is 0 Å². The number of rotatable bonds is 3. The minimum atomic E-state index is -0.837. The van der Waals surface area contributed by atoms with E-state index in [2.05, 4.69) is 4.98 Å². The summed E-state index contributed by atoms with van der Waals surface area (Å²) in [4.78, 5) is 31.2. The van der Waals surface area contributed by atoms with Gasteiger partial charge >= 0.3 is 5.97 Å². The number of carboxylic acid groups (broad SMARTS) is 1. The molecule has 23 heavy (non-hydrogen) atoms. The largest absolute Gasteiger partial charge is 0.481 e. The summed E-state index contributed by atoms with van der Waals surface area (Å²) in [6.45, 7) is 4.09. The van der Waals surface area contributed by atoms with Crippen LogP contribution in [-0.4, -0.2) is 39.5 Å². The zero-order chi connectivity index (χ0) is 16.6. The predicted octanol–water partition coefficient (Wildman–Crippen LogP) is 3.05. The van der Waals surface area contributed by atoms with Gasteiger partial charge in [0.15, 0.2) is 0 Å². The highest BCUT2D eigenvalue weighted by molar-refractivity contribution is 7.13. The quantitative estimate of drug-likeness (QED) is 0.939. The van der Waals surface area contributed by atoms with Crippen molar-refractivity contribution >= 4 is 23.2 Å². The Morgan fingerprint density at radius 1 is 1.35 bits per heavy atom. The van der Waals surface area contributed by atoms with Crippen LogP contribution in [0.25, 0.3) is 10.6 Å². The summed E-state index contributed by atoms with van der Waals surface area (Å²) in [6.07, 6.45) is 0.502. The van der Waals surface area contributed by atoms with Crippen LogP contribution in [0.1, 0.15) is 29.4 Å². The van der Waals surface area contributed by atoms with Gasteiger partial charge in [0.25, 0.3) is 5.91 Å². The lowest BCUT2D eigenvalue weighted by Gasteiger charge is -2.24. The second-order valence-corrected chi connectivity index (χ2v) is 6.73. The smallest absolute Gasteiger partial charge is 0.308 e. The fraction of sp³-hybridized carbons (Fsp3) is 0.353. The highest BCUT2D eigenvalue weighted by atomic mass is 32.1. The first-order chi connectivity index (χ1) is 11.0. The number of aryl methyl sites for hydroxylation is 1. The van der Waals surface area contributed by atoms with Crippen LogP contribution in [0.4, 0.5) is 0 Å². The fourth-order valence-corrected chi connectivity index (χ4v) is 3.76. The lowest BCUT2D eigenvalue weighted by molar-refractivity contribution is -0.142. The number of carbonyl (C=O) groups excluding carboxylic acids is 1. The molecule has 1 saturated heterocycles. The number of aliphatic carboxylic acids is 1. The minimum Gasteiger partial charge on any atom is -0.481 e. The lowest BCUT2D eigenvalue weighted by atomic mass is 10.0. The Kier molecular flexibility index (Phi) is 4.17. The van der Waals surface area contributed by atoms with Gasteiger partial charge < -0.3 is 10.0 Å². The first kappa shape index (κ1) is 15.7. The summed E-state index contributed by atoms with van der Waals surface area (Å²) in [6, 6.07) is 7.31. The lowest BCUT2D eigenvalue weighted by Crippen LogP contribution is -2.38. The van der Waals surface area contributed by atoms with Gasteiger partial charge in [0, 0.05) is 12.6 Å². The summed E-state index contributed by atoms with van der Waals surface area (Å²) in [7, 11) is 0. The van der Waals surface area contributed by atoms with Crippen LogP contribution in [0.2, 0.25) is 0 Å². The molecule has 120 valence electrons. The van der Waals surface area contributed by atoms with Crippen LogP contribution in [0.15, 0.2) is 29.6 Å². The van der Waals surface area contributed by atoms with E-state index in [1.54, 1.807) is 29.2 Å². The normalized spacial score (nSPS) is 20.7. The van der Waals surface area contributed by atoms with Crippen LogP contribution < -0.4 is 0 Å². The minimum absolute atomic E-state index is 0.135. The highest BCUT2D eigenvalue weighted by Crippen LogP contribution is 2.28. The van der Waals surface area contributed by atoms with Crippen molar-refractivity contribution in [1.29, 1.82) is 0 Å². The maximum absolute atomic E-state index is 12.7. The number of hydrogen-bond donors (Lipinski definition) is 1. The number of carboxylic acids is 1. The molecule has 1 aliphatic heterocycles. The molecule has 2 atom stereocenters. The van der Waals surface area contributed by atoms with Crippen molar-refractivity contribution in [3.8, 4) is 10.6 Å². The molecule has 2 aromatic rings. The molecule has 1 aliphatic rings. The van der Waals surface area contributed by atoms with E-state index in [0.717, 1.165) is 10.6 Å². The third kappa shape index (κ3) is 2.86. The number of hydrogen-bond acceptors (Lipinski definition) is 4. The molecule has 0 saturated carbocycles. The molecule has 2 aromatic heterocycles. The van der Waals surface area contributed by atoms with Gasteiger partial charge in [0.05, 0.1) is 27.7 Å². The molecular weight excluding hydrogens is 312 g/mol. The van der Waals surface area contributed by atoms with E-state index in [1.807, 2.05) is 30.5 Å². The molecule has 0 bridgehead atoms. The van der Waals surface area contributed by atoms with Crippen molar-refractivity contribution in [1.82, 2.24) is 9.88 Å². The first-order valence-corrected chi connectivity index (χ1v) is 8.42. The van der Waals surface area contributed by atoms with Gasteiger partial charge in [-0.1, -0.05) is 6.07 Å². The summed E-state index contributed by atoms with van der Waals surface area (Å²) in [5.41, 5.74) is 2.07. The molecule has 6 heteroatoms. The summed E-state index contributed by atoms with van der Waals surface area (Å²) < 4.78 is 0. The van der Waals surface area contributed by atoms with Crippen molar-refractivity contribution in [3.05, 3.63) is 40.9 Å². The molecule has 0 radical (unpaired) electrons. The van der Waals surface area contributed by atoms with Crippen LogP contribution in [-0.2, 0) is 4.79 Å². The summed E-state index contributed by atoms with van der Waals surface area (Å²) in [5, 5.41) is 11.2. The first-order valence-electron chi connectivity index (χ1n) is 7.54. The van der Waals surface area contributed by atoms with Gasteiger partial charge in [-0.3, -0.25) is 14.6 Å². The van der Waals surface area contributed by atoms with Crippen molar-refractivity contribution in [3.63, 3.8) is 0 Å². The second kappa shape index (κ2) is 6.12. The van der Waals surface area contributed by atoms with Gasteiger partial charge in [-0.2, -0.15) is 0 Å². The van der Waals surface area contributed by atoms with Crippen molar-refractivity contribution < 1.29 is 14.7 Å². The maximum atomic E-state index is 12.7. The van der Waals surface area contributed by atoms with Crippen molar-refractivity contribution in [2.75, 3.05) is 6.54 Å². The second-order valence-electron chi connectivity index (χ2n) is 5.78. The Bertz CT molecular complexity index is 742. The molecule has 3 heterocycles. The molecule has 5 nitrogen and oxygen atoms in total. The Balaban J connectivity index is 1.85. The standard InChI is InChI=1S/C17H18N2O3S/c1-10-12(5-6-14(18-10)15-4-3-9-23-15)16(20)19-8-7-13(11(19)2)17(21)22/h3-6,9,11,13H,7-8H2,1-2H3,(H,21,22). The number of aromatic nitrogens is 1. The fourth-order valence-electron chi connectivity index (χ4n) is 3.06. The molecule has 2 unspecified atom stereocenters.